The number of carbonyl (C=O) groups is 1. The van der Waals surface area contributed by atoms with Crippen LogP contribution in [-0.4, -0.2) is 35.5 Å². The second-order valence-corrected chi connectivity index (χ2v) is 4.47. The summed E-state index contributed by atoms with van der Waals surface area (Å²) < 4.78 is 8.96. The predicted molar refractivity (Wildman–Crippen MR) is 68.4 cm³/mol. The maximum Gasteiger partial charge on any atom is 0.325 e. The van der Waals surface area contributed by atoms with Crippen molar-refractivity contribution >= 4 is 22.6 Å². The van der Waals surface area contributed by atoms with Crippen LogP contribution in [0, 0.1) is 0 Å². The van der Waals surface area contributed by atoms with E-state index in [1.54, 1.807) is 0 Å². The highest BCUT2D eigenvalue weighted by Gasteiger charge is 2.15. The molecule has 1 rings (SSSR count). The first kappa shape index (κ1) is 13.9. The average molecular weight is 257 g/mol. The molecular weight excluding hydrogens is 238 g/mol. The van der Waals surface area contributed by atoms with Crippen molar-refractivity contribution < 1.29 is 9.53 Å². The van der Waals surface area contributed by atoms with Crippen LogP contribution in [0.15, 0.2) is 0 Å². The average Bonchev–Trinajstić information content (AvgIpc) is 2.77. The fourth-order valence-corrected chi connectivity index (χ4v) is 2.17. The molecule has 1 aromatic heterocycles. The third-order valence-corrected chi connectivity index (χ3v) is 3.06. The van der Waals surface area contributed by atoms with Crippen molar-refractivity contribution in [2.24, 2.45) is 0 Å². The van der Waals surface area contributed by atoms with Gasteiger partial charge in [-0.2, -0.15) is 4.37 Å². The van der Waals surface area contributed by atoms with Crippen molar-refractivity contribution in [3.63, 3.8) is 0 Å². The van der Waals surface area contributed by atoms with E-state index in [2.05, 4.69) is 27.9 Å². The van der Waals surface area contributed by atoms with Crippen LogP contribution in [0.1, 0.15) is 32.5 Å². The van der Waals surface area contributed by atoms with E-state index >= 15 is 0 Å². The van der Waals surface area contributed by atoms with Gasteiger partial charge in [0, 0.05) is 24.5 Å². The Morgan fingerprint density at radius 1 is 1.41 bits per heavy atom. The van der Waals surface area contributed by atoms with Gasteiger partial charge >= 0.3 is 5.97 Å². The number of ether oxygens (including phenoxy) is 1. The van der Waals surface area contributed by atoms with E-state index in [1.165, 1.54) is 18.6 Å². The molecule has 0 bridgehead atoms. The standard InChI is InChI=1S/C11H19N3O2S/c1-4-6-9-12-11(17-13-9)14(7-5-2)8-10(15)16-3/h4-8H2,1-3H3. The van der Waals surface area contributed by atoms with Crippen LogP contribution in [0.4, 0.5) is 5.13 Å². The van der Waals surface area contributed by atoms with Crippen molar-refractivity contribution in [2.75, 3.05) is 25.1 Å². The van der Waals surface area contributed by atoms with E-state index in [4.69, 9.17) is 0 Å². The smallest absolute Gasteiger partial charge is 0.325 e. The Hall–Kier alpha value is -1.17. The summed E-state index contributed by atoms with van der Waals surface area (Å²) >= 11 is 1.35. The molecule has 17 heavy (non-hydrogen) atoms. The molecule has 5 nitrogen and oxygen atoms in total. The number of anilines is 1. The summed E-state index contributed by atoms with van der Waals surface area (Å²) in [5.41, 5.74) is 0. The van der Waals surface area contributed by atoms with Crippen molar-refractivity contribution in [2.45, 2.75) is 33.1 Å². The molecule has 0 radical (unpaired) electrons. The Balaban J connectivity index is 2.70. The van der Waals surface area contributed by atoms with Gasteiger partial charge in [0.1, 0.15) is 12.4 Å². The van der Waals surface area contributed by atoms with Gasteiger partial charge < -0.3 is 9.64 Å². The van der Waals surface area contributed by atoms with Gasteiger partial charge in [-0.25, -0.2) is 4.98 Å². The van der Waals surface area contributed by atoms with Crippen LogP contribution in [0.3, 0.4) is 0 Å². The molecule has 0 unspecified atom stereocenters. The van der Waals surface area contributed by atoms with Gasteiger partial charge in [0.2, 0.25) is 5.13 Å². The fourth-order valence-electron chi connectivity index (χ4n) is 1.43. The summed E-state index contributed by atoms with van der Waals surface area (Å²) in [5, 5.41) is 0.806. The summed E-state index contributed by atoms with van der Waals surface area (Å²) in [7, 11) is 1.40. The molecule has 0 saturated heterocycles. The molecule has 0 aliphatic rings. The van der Waals surface area contributed by atoms with Crippen molar-refractivity contribution in [3.05, 3.63) is 5.82 Å². The highest BCUT2D eigenvalue weighted by molar-refractivity contribution is 7.09. The molecular formula is C11H19N3O2S. The van der Waals surface area contributed by atoms with E-state index in [-0.39, 0.29) is 12.5 Å². The topological polar surface area (TPSA) is 55.3 Å². The molecule has 0 aliphatic carbocycles. The first-order valence-electron chi connectivity index (χ1n) is 5.85. The van der Waals surface area contributed by atoms with Gasteiger partial charge in [0.25, 0.3) is 0 Å². The Kier molecular flexibility index (Phi) is 5.90. The fraction of sp³-hybridized carbons (Fsp3) is 0.727. The Labute approximate surface area is 106 Å². The lowest BCUT2D eigenvalue weighted by molar-refractivity contribution is -0.138. The first-order chi connectivity index (χ1) is 8.21. The van der Waals surface area contributed by atoms with Crippen LogP contribution < -0.4 is 4.90 Å². The van der Waals surface area contributed by atoms with Crippen LogP contribution in [0.5, 0.6) is 0 Å². The van der Waals surface area contributed by atoms with E-state index in [0.29, 0.717) is 0 Å². The van der Waals surface area contributed by atoms with E-state index in [9.17, 15) is 4.79 Å². The molecule has 0 spiro atoms. The Bertz CT molecular complexity index is 354. The van der Waals surface area contributed by atoms with Crippen LogP contribution >= 0.6 is 11.5 Å². The van der Waals surface area contributed by atoms with E-state index in [1.807, 2.05) is 4.90 Å². The van der Waals surface area contributed by atoms with Crippen molar-refractivity contribution in [1.82, 2.24) is 9.36 Å². The van der Waals surface area contributed by atoms with Crippen LogP contribution in [0.25, 0.3) is 0 Å². The minimum absolute atomic E-state index is 0.241. The minimum atomic E-state index is -0.245. The van der Waals surface area contributed by atoms with Gasteiger partial charge in [-0.15, -0.1) is 0 Å². The predicted octanol–water partition coefficient (Wildman–Crippen LogP) is 1.88. The Morgan fingerprint density at radius 2 is 2.18 bits per heavy atom. The molecule has 0 amide bonds. The number of nitrogens with zero attached hydrogens (tertiary/aromatic N) is 3. The molecule has 0 atom stereocenters. The molecule has 0 N–H and O–H groups in total. The summed E-state index contributed by atoms with van der Waals surface area (Å²) in [6, 6.07) is 0. The second kappa shape index (κ2) is 7.21. The highest BCUT2D eigenvalue weighted by Crippen LogP contribution is 2.18. The zero-order chi connectivity index (χ0) is 12.7. The third-order valence-electron chi connectivity index (χ3n) is 2.24. The van der Waals surface area contributed by atoms with Crippen LogP contribution in [0.2, 0.25) is 0 Å². The molecule has 1 heterocycles. The highest BCUT2D eigenvalue weighted by atomic mass is 32.1. The number of hydrogen-bond acceptors (Lipinski definition) is 6. The van der Waals surface area contributed by atoms with E-state index < -0.39 is 0 Å². The SMILES string of the molecule is CCCc1nsc(N(CCC)CC(=O)OC)n1. The lowest BCUT2D eigenvalue weighted by Gasteiger charge is -2.18. The van der Waals surface area contributed by atoms with Crippen molar-refractivity contribution in [3.8, 4) is 0 Å². The molecule has 0 aliphatic heterocycles. The van der Waals surface area contributed by atoms with Gasteiger partial charge in [0.15, 0.2) is 0 Å². The molecule has 96 valence electrons. The zero-order valence-corrected chi connectivity index (χ0v) is 11.4. The number of aryl methyl sites for hydroxylation is 1. The normalized spacial score (nSPS) is 10.3. The number of hydrogen-bond donors (Lipinski definition) is 0. The lowest BCUT2D eigenvalue weighted by Crippen LogP contribution is -2.31. The van der Waals surface area contributed by atoms with Gasteiger partial charge in [-0.1, -0.05) is 13.8 Å². The van der Waals surface area contributed by atoms with Crippen LogP contribution in [-0.2, 0) is 16.0 Å². The molecule has 0 aromatic carbocycles. The summed E-state index contributed by atoms with van der Waals surface area (Å²) in [5.74, 6) is 0.615. The number of aromatic nitrogens is 2. The largest absolute Gasteiger partial charge is 0.468 e. The second-order valence-electron chi connectivity index (χ2n) is 3.74. The van der Waals surface area contributed by atoms with Gasteiger partial charge in [-0.3, -0.25) is 4.79 Å². The van der Waals surface area contributed by atoms with Gasteiger partial charge in [0.05, 0.1) is 7.11 Å². The number of esters is 1. The Morgan fingerprint density at radius 3 is 2.76 bits per heavy atom. The monoisotopic (exact) mass is 257 g/mol. The molecule has 0 fully saturated rings. The number of rotatable bonds is 7. The molecule has 0 saturated carbocycles. The maximum absolute atomic E-state index is 11.3. The molecule has 1 aromatic rings. The third kappa shape index (κ3) is 4.30. The van der Waals surface area contributed by atoms with Crippen molar-refractivity contribution in [1.29, 1.82) is 0 Å². The minimum Gasteiger partial charge on any atom is -0.468 e. The number of methoxy groups -OCH3 is 1. The summed E-state index contributed by atoms with van der Waals surface area (Å²) in [4.78, 5) is 17.6. The first-order valence-corrected chi connectivity index (χ1v) is 6.62. The van der Waals surface area contributed by atoms with E-state index in [0.717, 1.165) is 36.8 Å². The lowest BCUT2D eigenvalue weighted by atomic mass is 10.3. The maximum atomic E-state index is 11.3. The summed E-state index contributed by atoms with van der Waals surface area (Å²) in [6.07, 6.45) is 2.87. The zero-order valence-electron chi connectivity index (χ0n) is 10.6. The number of carbonyl (C=O) groups excluding carboxylic acids is 1. The summed E-state index contributed by atoms with van der Waals surface area (Å²) in [6.45, 7) is 5.19. The van der Waals surface area contributed by atoms with Gasteiger partial charge in [-0.05, 0) is 12.8 Å². The molecule has 6 heteroatoms. The quantitative estimate of drug-likeness (QED) is 0.698.